The van der Waals surface area contributed by atoms with Gasteiger partial charge < -0.3 is 0 Å². The standard InChI is InChI=1S/C19H30O5S/c1-18-9-7-13(24-25(21,22)23)11-12(18)3-4-14-15-5-6-17(20)19(15,2)10-8-16(14)18/h12-16H,3-11H2,1-2H3,(H,21,22,23)/t12-,13-,14+,15+,16+,18+,19+/m1/s1. The van der Waals surface area contributed by atoms with Crippen molar-refractivity contribution in [1.29, 1.82) is 0 Å². The molecule has 0 aromatic heterocycles. The Hall–Kier alpha value is -0.460. The Morgan fingerprint density at radius 1 is 1.04 bits per heavy atom. The smallest absolute Gasteiger partial charge is 0.299 e. The van der Waals surface area contributed by atoms with Gasteiger partial charge in [0.15, 0.2) is 0 Å². The summed E-state index contributed by atoms with van der Waals surface area (Å²) in [5, 5.41) is 0. The van der Waals surface area contributed by atoms with Crippen LogP contribution in [0.3, 0.4) is 0 Å². The molecule has 0 radical (unpaired) electrons. The van der Waals surface area contributed by atoms with Crippen LogP contribution in [0.5, 0.6) is 0 Å². The van der Waals surface area contributed by atoms with E-state index < -0.39 is 10.4 Å². The highest BCUT2D eigenvalue weighted by atomic mass is 32.3. The highest BCUT2D eigenvalue weighted by Crippen LogP contribution is 2.65. The van der Waals surface area contributed by atoms with Gasteiger partial charge in [0.25, 0.3) is 0 Å². The second-order valence-corrected chi connectivity index (χ2v) is 10.5. The number of carbonyl (C=O) groups excluding carboxylic acids is 1. The van der Waals surface area contributed by atoms with E-state index in [1.54, 1.807) is 0 Å². The quantitative estimate of drug-likeness (QED) is 0.748. The Bertz CT molecular complexity index is 673. The van der Waals surface area contributed by atoms with Gasteiger partial charge in [-0.05, 0) is 80.5 Å². The maximum Gasteiger partial charge on any atom is 0.397 e. The van der Waals surface area contributed by atoms with Crippen molar-refractivity contribution in [3.63, 3.8) is 0 Å². The fourth-order valence-corrected chi connectivity index (χ4v) is 7.77. The zero-order valence-electron chi connectivity index (χ0n) is 15.2. The van der Waals surface area contributed by atoms with Crippen LogP contribution in [0.25, 0.3) is 0 Å². The van der Waals surface area contributed by atoms with Gasteiger partial charge in [0.1, 0.15) is 5.78 Å². The van der Waals surface area contributed by atoms with Crippen LogP contribution in [0.4, 0.5) is 0 Å². The molecule has 142 valence electrons. The van der Waals surface area contributed by atoms with Crippen LogP contribution in [0.15, 0.2) is 0 Å². The normalized spacial score (nSPS) is 50.0. The second-order valence-electron chi connectivity index (χ2n) is 9.50. The van der Waals surface area contributed by atoms with Crippen molar-refractivity contribution in [3.05, 3.63) is 0 Å². The fourth-order valence-electron chi connectivity index (χ4n) is 7.25. The molecule has 1 N–H and O–H groups in total. The summed E-state index contributed by atoms with van der Waals surface area (Å²) in [4.78, 5) is 12.4. The molecule has 0 bridgehead atoms. The third-order valence-corrected chi connectivity index (χ3v) is 9.10. The summed E-state index contributed by atoms with van der Waals surface area (Å²) in [6, 6.07) is 0. The molecule has 0 aromatic rings. The first kappa shape index (κ1) is 17.9. The number of Topliss-reactive ketones (excluding diaryl/α,β-unsaturated/α-hetero) is 1. The molecule has 0 aliphatic heterocycles. The van der Waals surface area contributed by atoms with E-state index in [4.69, 9.17) is 8.74 Å². The predicted molar refractivity (Wildman–Crippen MR) is 93.2 cm³/mol. The molecule has 7 atom stereocenters. The summed E-state index contributed by atoms with van der Waals surface area (Å²) < 4.78 is 36.0. The third kappa shape index (κ3) is 2.79. The molecule has 0 spiro atoms. The van der Waals surface area contributed by atoms with Crippen LogP contribution >= 0.6 is 0 Å². The van der Waals surface area contributed by atoms with Gasteiger partial charge in [0.2, 0.25) is 0 Å². The fraction of sp³-hybridized carbons (Fsp3) is 0.947. The van der Waals surface area contributed by atoms with Crippen LogP contribution in [-0.4, -0.2) is 24.9 Å². The molecule has 0 unspecified atom stereocenters. The molecule has 5 nitrogen and oxygen atoms in total. The van der Waals surface area contributed by atoms with E-state index >= 15 is 0 Å². The minimum Gasteiger partial charge on any atom is -0.299 e. The van der Waals surface area contributed by atoms with Crippen molar-refractivity contribution in [3.8, 4) is 0 Å². The van der Waals surface area contributed by atoms with Crippen molar-refractivity contribution in [1.82, 2.24) is 0 Å². The molecule has 6 heteroatoms. The zero-order valence-corrected chi connectivity index (χ0v) is 16.1. The number of carbonyl (C=O) groups is 1. The lowest BCUT2D eigenvalue weighted by Crippen LogP contribution is -2.54. The summed E-state index contributed by atoms with van der Waals surface area (Å²) in [7, 11) is -4.37. The van der Waals surface area contributed by atoms with E-state index in [-0.39, 0.29) is 16.9 Å². The van der Waals surface area contributed by atoms with Crippen molar-refractivity contribution < 1.29 is 21.9 Å². The number of rotatable bonds is 2. The van der Waals surface area contributed by atoms with Crippen LogP contribution in [0, 0.1) is 34.5 Å². The molecule has 4 saturated carbocycles. The Morgan fingerprint density at radius 2 is 1.80 bits per heavy atom. The van der Waals surface area contributed by atoms with Crippen LogP contribution in [0.2, 0.25) is 0 Å². The maximum atomic E-state index is 12.4. The molecule has 0 saturated heterocycles. The van der Waals surface area contributed by atoms with Gasteiger partial charge in [-0.25, -0.2) is 4.18 Å². The molecule has 0 amide bonds. The lowest BCUT2D eigenvalue weighted by molar-refractivity contribution is -0.141. The van der Waals surface area contributed by atoms with Crippen molar-refractivity contribution in [2.75, 3.05) is 0 Å². The van der Waals surface area contributed by atoms with Gasteiger partial charge in [-0.3, -0.25) is 9.35 Å². The van der Waals surface area contributed by atoms with Crippen molar-refractivity contribution in [2.24, 2.45) is 34.5 Å². The average molecular weight is 371 g/mol. The van der Waals surface area contributed by atoms with Gasteiger partial charge in [0.05, 0.1) is 6.10 Å². The van der Waals surface area contributed by atoms with E-state index in [0.29, 0.717) is 35.9 Å². The number of fused-ring (bicyclic) bond motifs is 5. The van der Waals surface area contributed by atoms with E-state index in [9.17, 15) is 13.2 Å². The number of hydrogen-bond acceptors (Lipinski definition) is 4. The molecule has 0 heterocycles. The van der Waals surface area contributed by atoms with Crippen molar-refractivity contribution >= 4 is 16.2 Å². The first-order chi connectivity index (χ1) is 11.6. The summed E-state index contributed by atoms with van der Waals surface area (Å²) in [6.45, 7) is 4.59. The molecule has 0 aromatic carbocycles. The van der Waals surface area contributed by atoms with E-state index in [0.717, 1.165) is 51.4 Å². The third-order valence-electron chi connectivity index (χ3n) is 8.58. The first-order valence-corrected chi connectivity index (χ1v) is 11.2. The molecular formula is C19H30O5S. The summed E-state index contributed by atoms with van der Waals surface area (Å²) in [5.41, 5.74) is 0.130. The van der Waals surface area contributed by atoms with Gasteiger partial charge in [-0.15, -0.1) is 0 Å². The molecular weight excluding hydrogens is 340 g/mol. The van der Waals surface area contributed by atoms with Crippen molar-refractivity contribution in [2.45, 2.75) is 77.7 Å². The topological polar surface area (TPSA) is 80.7 Å². The minimum atomic E-state index is -4.37. The van der Waals surface area contributed by atoms with Gasteiger partial charge in [-0.1, -0.05) is 13.8 Å². The average Bonchev–Trinajstić information content (AvgIpc) is 2.82. The highest BCUT2D eigenvalue weighted by Gasteiger charge is 2.60. The largest absolute Gasteiger partial charge is 0.397 e. The Labute approximate surface area is 150 Å². The minimum absolute atomic E-state index is 0.0877. The van der Waals surface area contributed by atoms with Crippen LogP contribution in [-0.2, 0) is 19.4 Å². The second kappa shape index (κ2) is 5.77. The Kier molecular flexibility index (Phi) is 4.14. The number of ketones is 1. The lowest BCUT2D eigenvalue weighted by atomic mass is 9.45. The SMILES string of the molecule is C[C@]12CC[C@@H](OS(=O)(=O)O)C[C@H]1CC[C@@H]1[C@@H]2CC[C@]2(C)C(=O)CC[C@@H]12. The van der Waals surface area contributed by atoms with Gasteiger partial charge in [-0.2, -0.15) is 8.42 Å². The van der Waals surface area contributed by atoms with Crippen LogP contribution in [0.1, 0.15) is 71.6 Å². The maximum absolute atomic E-state index is 12.4. The van der Waals surface area contributed by atoms with E-state index in [1.165, 1.54) is 0 Å². The Morgan fingerprint density at radius 3 is 2.52 bits per heavy atom. The zero-order chi connectivity index (χ0) is 18.0. The number of hydrogen-bond donors (Lipinski definition) is 1. The molecule has 4 aliphatic carbocycles. The van der Waals surface area contributed by atoms with Gasteiger partial charge >= 0.3 is 10.4 Å². The monoisotopic (exact) mass is 370 g/mol. The molecule has 4 rings (SSSR count). The predicted octanol–water partition coefficient (Wildman–Crippen LogP) is 3.79. The Balaban J connectivity index is 1.54. The molecule has 4 fully saturated rings. The molecule has 25 heavy (non-hydrogen) atoms. The highest BCUT2D eigenvalue weighted by molar-refractivity contribution is 7.80. The summed E-state index contributed by atoms with van der Waals surface area (Å²) in [6.07, 6.45) is 8.19. The van der Waals surface area contributed by atoms with E-state index in [2.05, 4.69) is 13.8 Å². The summed E-state index contributed by atoms with van der Waals surface area (Å²) in [5.74, 6) is 2.76. The first-order valence-electron chi connectivity index (χ1n) is 9.82. The van der Waals surface area contributed by atoms with Crippen LogP contribution < -0.4 is 0 Å². The van der Waals surface area contributed by atoms with E-state index in [1.807, 2.05) is 0 Å². The molecule has 4 aliphatic rings. The lowest BCUT2D eigenvalue weighted by Gasteiger charge is -2.60. The summed E-state index contributed by atoms with van der Waals surface area (Å²) >= 11 is 0. The van der Waals surface area contributed by atoms with Gasteiger partial charge in [0, 0.05) is 11.8 Å².